The number of aliphatic hydroxyl groups excluding tert-OH is 1. The van der Waals surface area contributed by atoms with Gasteiger partial charge in [0.05, 0.1) is 19.8 Å². The number of aliphatic hydroxyl groups is 1. The van der Waals surface area contributed by atoms with E-state index in [1.165, 1.54) is 11.1 Å². The van der Waals surface area contributed by atoms with Crippen LogP contribution in [0.25, 0.3) is 0 Å². The van der Waals surface area contributed by atoms with Crippen molar-refractivity contribution in [1.29, 1.82) is 0 Å². The van der Waals surface area contributed by atoms with Crippen LogP contribution >= 0.6 is 0 Å². The minimum atomic E-state index is -0.123. The van der Waals surface area contributed by atoms with E-state index in [0.717, 1.165) is 17.0 Å². The van der Waals surface area contributed by atoms with Crippen LogP contribution in [0.15, 0.2) is 42.5 Å². The van der Waals surface area contributed by atoms with Crippen LogP contribution in [0.5, 0.6) is 5.75 Å². The quantitative estimate of drug-likeness (QED) is 0.875. The van der Waals surface area contributed by atoms with Crippen LogP contribution in [-0.4, -0.2) is 18.8 Å². The van der Waals surface area contributed by atoms with Gasteiger partial charge in [-0.25, -0.2) is 0 Å². The van der Waals surface area contributed by atoms with Crippen molar-refractivity contribution >= 4 is 5.69 Å². The largest absolute Gasteiger partial charge is 0.497 e. The number of ether oxygens (including phenoxy) is 1. The van der Waals surface area contributed by atoms with Gasteiger partial charge in [-0.3, -0.25) is 0 Å². The number of aryl methyl sites for hydroxylation is 2. The van der Waals surface area contributed by atoms with E-state index in [2.05, 4.69) is 37.4 Å². The third kappa shape index (κ3) is 3.31. The van der Waals surface area contributed by atoms with Crippen molar-refractivity contribution in [1.82, 2.24) is 0 Å². The van der Waals surface area contributed by atoms with E-state index in [4.69, 9.17) is 4.74 Å². The fourth-order valence-electron chi connectivity index (χ4n) is 2.27. The number of nitrogens with one attached hydrogen (secondary N) is 1. The normalized spacial score (nSPS) is 12.0. The molecule has 2 aromatic rings. The smallest absolute Gasteiger partial charge is 0.120 e. The summed E-state index contributed by atoms with van der Waals surface area (Å²) in [6, 6.07) is 13.9. The zero-order valence-corrected chi connectivity index (χ0v) is 12.2. The molecule has 1 unspecified atom stereocenters. The molecule has 2 rings (SSSR count). The molecule has 0 amide bonds. The third-order valence-electron chi connectivity index (χ3n) is 3.40. The molecular weight excluding hydrogens is 250 g/mol. The number of hydrogen-bond donors (Lipinski definition) is 2. The first kappa shape index (κ1) is 14.4. The summed E-state index contributed by atoms with van der Waals surface area (Å²) in [4.78, 5) is 0. The molecule has 0 saturated heterocycles. The molecule has 20 heavy (non-hydrogen) atoms. The van der Waals surface area contributed by atoms with Gasteiger partial charge in [0.1, 0.15) is 5.75 Å². The first-order valence-corrected chi connectivity index (χ1v) is 6.72. The van der Waals surface area contributed by atoms with Gasteiger partial charge in [0.2, 0.25) is 0 Å². The molecule has 0 saturated carbocycles. The summed E-state index contributed by atoms with van der Waals surface area (Å²) in [7, 11) is 1.65. The van der Waals surface area contributed by atoms with Gasteiger partial charge in [0, 0.05) is 11.8 Å². The molecule has 3 heteroatoms. The minimum Gasteiger partial charge on any atom is -0.497 e. The summed E-state index contributed by atoms with van der Waals surface area (Å²) < 4.78 is 5.22. The topological polar surface area (TPSA) is 41.5 Å². The highest BCUT2D eigenvalue weighted by Gasteiger charge is 2.13. The predicted octanol–water partition coefficient (Wildman–Crippen LogP) is 3.46. The maximum Gasteiger partial charge on any atom is 0.120 e. The molecule has 2 N–H and O–H groups in total. The summed E-state index contributed by atoms with van der Waals surface area (Å²) in [5.41, 5.74) is 4.42. The van der Waals surface area contributed by atoms with Crippen molar-refractivity contribution in [3.8, 4) is 5.75 Å². The van der Waals surface area contributed by atoms with Gasteiger partial charge < -0.3 is 15.2 Å². The van der Waals surface area contributed by atoms with Gasteiger partial charge in [0.15, 0.2) is 0 Å². The van der Waals surface area contributed by atoms with Crippen LogP contribution in [0.4, 0.5) is 5.69 Å². The molecular formula is C17H21NO2. The zero-order chi connectivity index (χ0) is 14.5. The second-order valence-corrected chi connectivity index (χ2v) is 4.97. The lowest BCUT2D eigenvalue weighted by Gasteiger charge is -2.21. The van der Waals surface area contributed by atoms with Crippen molar-refractivity contribution < 1.29 is 9.84 Å². The lowest BCUT2D eigenvalue weighted by atomic mass is 9.99. The Kier molecular flexibility index (Phi) is 4.64. The number of methoxy groups -OCH3 is 1. The number of benzene rings is 2. The molecule has 0 aliphatic heterocycles. The van der Waals surface area contributed by atoms with Crippen molar-refractivity contribution in [2.45, 2.75) is 19.9 Å². The highest BCUT2D eigenvalue weighted by atomic mass is 16.5. The molecule has 0 heterocycles. The van der Waals surface area contributed by atoms with E-state index in [1.807, 2.05) is 24.3 Å². The first-order valence-electron chi connectivity index (χ1n) is 6.72. The van der Waals surface area contributed by atoms with Gasteiger partial charge in [-0.1, -0.05) is 29.8 Å². The number of rotatable bonds is 5. The van der Waals surface area contributed by atoms with E-state index in [1.54, 1.807) is 7.11 Å². The SMILES string of the molecule is COc1cccc(NC(CO)c2cc(C)ccc2C)c1. The summed E-state index contributed by atoms with van der Waals surface area (Å²) in [5, 5.41) is 13.0. The van der Waals surface area contributed by atoms with Crippen LogP contribution in [0.3, 0.4) is 0 Å². The van der Waals surface area contributed by atoms with E-state index >= 15 is 0 Å². The minimum absolute atomic E-state index is 0.0432. The molecule has 0 aliphatic carbocycles. The van der Waals surface area contributed by atoms with Gasteiger partial charge in [-0.15, -0.1) is 0 Å². The Hall–Kier alpha value is -2.00. The average Bonchev–Trinajstić information content (AvgIpc) is 2.47. The van der Waals surface area contributed by atoms with Gasteiger partial charge in [0.25, 0.3) is 0 Å². The summed E-state index contributed by atoms with van der Waals surface area (Å²) in [6.45, 7) is 4.16. The van der Waals surface area contributed by atoms with Crippen LogP contribution in [0.1, 0.15) is 22.7 Å². The van der Waals surface area contributed by atoms with E-state index in [-0.39, 0.29) is 12.6 Å². The Morgan fingerprint density at radius 3 is 2.65 bits per heavy atom. The molecule has 0 fully saturated rings. The molecule has 0 spiro atoms. The number of hydrogen-bond acceptors (Lipinski definition) is 3. The van der Waals surface area contributed by atoms with Crippen LogP contribution in [0, 0.1) is 13.8 Å². The third-order valence-corrected chi connectivity index (χ3v) is 3.40. The van der Waals surface area contributed by atoms with E-state index < -0.39 is 0 Å². The maximum atomic E-state index is 9.69. The van der Waals surface area contributed by atoms with Crippen molar-refractivity contribution in [3.05, 3.63) is 59.2 Å². The van der Waals surface area contributed by atoms with E-state index in [0.29, 0.717) is 0 Å². The molecule has 0 aromatic heterocycles. The fourth-order valence-corrected chi connectivity index (χ4v) is 2.27. The Morgan fingerprint density at radius 2 is 1.95 bits per heavy atom. The molecule has 0 aliphatic rings. The molecule has 106 valence electrons. The molecule has 0 radical (unpaired) electrons. The van der Waals surface area contributed by atoms with Gasteiger partial charge >= 0.3 is 0 Å². The van der Waals surface area contributed by atoms with Crippen LogP contribution in [0.2, 0.25) is 0 Å². The fraction of sp³-hybridized carbons (Fsp3) is 0.294. The summed E-state index contributed by atoms with van der Waals surface area (Å²) in [6.07, 6.45) is 0. The van der Waals surface area contributed by atoms with Crippen molar-refractivity contribution in [2.75, 3.05) is 19.0 Å². The van der Waals surface area contributed by atoms with Crippen LogP contribution < -0.4 is 10.1 Å². The second kappa shape index (κ2) is 6.44. The zero-order valence-electron chi connectivity index (χ0n) is 12.2. The first-order chi connectivity index (χ1) is 9.63. The lowest BCUT2D eigenvalue weighted by molar-refractivity contribution is 0.276. The monoisotopic (exact) mass is 271 g/mol. The Labute approximate surface area is 120 Å². The predicted molar refractivity (Wildman–Crippen MR) is 82.4 cm³/mol. The summed E-state index contributed by atoms with van der Waals surface area (Å²) >= 11 is 0. The van der Waals surface area contributed by atoms with E-state index in [9.17, 15) is 5.11 Å². The average molecular weight is 271 g/mol. The summed E-state index contributed by atoms with van der Waals surface area (Å²) in [5.74, 6) is 0.799. The van der Waals surface area contributed by atoms with Gasteiger partial charge in [-0.05, 0) is 37.1 Å². The second-order valence-electron chi connectivity index (χ2n) is 4.97. The Balaban J connectivity index is 2.26. The Bertz CT molecular complexity index is 581. The molecule has 2 aromatic carbocycles. The van der Waals surface area contributed by atoms with Crippen LogP contribution in [-0.2, 0) is 0 Å². The Morgan fingerprint density at radius 1 is 1.15 bits per heavy atom. The molecule has 3 nitrogen and oxygen atoms in total. The molecule has 1 atom stereocenters. The van der Waals surface area contributed by atoms with Crippen molar-refractivity contribution in [3.63, 3.8) is 0 Å². The number of anilines is 1. The van der Waals surface area contributed by atoms with Crippen molar-refractivity contribution in [2.24, 2.45) is 0 Å². The lowest BCUT2D eigenvalue weighted by Crippen LogP contribution is -2.16. The maximum absolute atomic E-state index is 9.69. The standard InChI is InChI=1S/C17H21NO2/c1-12-7-8-13(2)16(9-12)17(11-19)18-14-5-4-6-15(10-14)20-3/h4-10,17-19H,11H2,1-3H3. The van der Waals surface area contributed by atoms with Gasteiger partial charge in [-0.2, -0.15) is 0 Å². The highest BCUT2D eigenvalue weighted by molar-refractivity contribution is 5.50. The highest BCUT2D eigenvalue weighted by Crippen LogP contribution is 2.25. The molecule has 0 bridgehead atoms.